The van der Waals surface area contributed by atoms with E-state index in [4.69, 9.17) is 19.0 Å². The third-order valence-electron chi connectivity index (χ3n) is 7.95. The molecule has 226 valence electrons. The van der Waals surface area contributed by atoms with Crippen LogP contribution < -0.4 is 14.2 Å². The summed E-state index contributed by atoms with van der Waals surface area (Å²) < 4.78 is 18.9. The number of nitrogens with zero attached hydrogens (tertiary/aromatic N) is 2. The molecule has 0 amide bonds. The second-order valence-corrected chi connectivity index (χ2v) is 10.5. The van der Waals surface area contributed by atoms with Crippen molar-refractivity contribution in [1.29, 1.82) is 0 Å². The van der Waals surface area contributed by atoms with E-state index in [1.54, 1.807) is 12.1 Å². The molecule has 1 aromatic heterocycles. The van der Waals surface area contributed by atoms with E-state index in [1.165, 1.54) is 28.3 Å². The number of oxime groups is 1. The fourth-order valence-corrected chi connectivity index (χ4v) is 5.91. The van der Waals surface area contributed by atoms with E-state index in [2.05, 4.69) is 16.6 Å². The van der Waals surface area contributed by atoms with Crippen molar-refractivity contribution in [3.63, 3.8) is 0 Å². The summed E-state index contributed by atoms with van der Waals surface area (Å²) in [7, 11) is 4.60. The molecule has 8 heteroatoms. The average molecular weight is 601 g/mol. The summed E-state index contributed by atoms with van der Waals surface area (Å²) in [5.74, 6) is 0.697. The van der Waals surface area contributed by atoms with Crippen molar-refractivity contribution in [2.45, 2.75) is 20.4 Å². The van der Waals surface area contributed by atoms with Gasteiger partial charge in [0, 0.05) is 57.5 Å². The van der Waals surface area contributed by atoms with Gasteiger partial charge in [-0.15, -0.1) is 0 Å². The lowest BCUT2D eigenvalue weighted by molar-refractivity contribution is -0.140. The predicted molar refractivity (Wildman–Crippen MR) is 176 cm³/mol. The summed E-state index contributed by atoms with van der Waals surface area (Å²) in [5.41, 5.74) is 4.94. The summed E-state index contributed by atoms with van der Waals surface area (Å²) in [6, 6.07) is 29.0. The Kier molecular flexibility index (Phi) is 7.96. The molecule has 0 aliphatic heterocycles. The minimum absolute atomic E-state index is 0.0446. The van der Waals surface area contributed by atoms with Gasteiger partial charge < -0.3 is 23.6 Å². The molecule has 6 aromatic rings. The maximum Gasteiger partial charge on any atom is 0.332 e. The lowest BCUT2D eigenvalue weighted by Gasteiger charge is -2.15. The van der Waals surface area contributed by atoms with Crippen LogP contribution in [0.5, 0.6) is 17.2 Å². The fourth-order valence-electron chi connectivity index (χ4n) is 5.91. The van der Waals surface area contributed by atoms with Crippen LogP contribution in [0, 0.1) is 0 Å². The molecule has 0 saturated carbocycles. The SMILES string of the molecule is CCn1c2ccc(C(=O)c3cccc4ccccc34)cc2c2cc(/C(=N\OC(C)=O)c3cc(OC)c(OC)c(OC)c3)ccc21. The van der Waals surface area contributed by atoms with Crippen molar-refractivity contribution in [2.75, 3.05) is 21.3 Å². The van der Waals surface area contributed by atoms with Crippen LogP contribution in [0.25, 0.3) is 32.6 Å². The molecule has 0 aliphatic carbocycles. The normalized spacial score (nSPS) is 11.6. The maximum absolute atomic E-state index is 13.9. The van der Waals surface area contributed by atoms with Crippen molar-refractivity contribution >= 4 is 50.0 Å². The third kappa shape index (κ3) is 5.25. The van der Waals surface area contributed by atoms with Crippen molar-refractivity contribution in [1.82, 2.24) is 4.57 Å². The van der Waals surface area contributed by atoms with Crippen molar-refractivity contribution in [3.05, 3.63) is 113 Å². The van der Waals surface area contributed by atoms with Crippen LogP contribution in [0.15, 0.2) is 96.2 Å². The quantitative estimate of drug-likeness (QED) is 0.0737. The molecule has 0 unspecified atom stereocenters. The van der Waals surface area contributed by atoms with E-state index in [9.17, 15) is 9.59 Å². The summed E-state index contributed by atoms with van der Waals surface area (Å²) in [5, 5.41) is 8.04. The Labute approximate surface area is 260 Å². The fraction of sp³-hybridized carbons (Fsp3) is 0.162. The number of methoxy groups -OCH3 is 3. The number of hydrogen-bond acceptors (Lipinski definition) is 7. The Bertz CT molecular complexity index is 2110. The van der Waals surface area contributed by atoms with E-state index in [-0.39, 0.29) is 5.78 Å². The molecule has 0 radical (unpaired) electrons. The summed E-state index contributed by atoms with van der Waals surface area (Å²) in [4.78, 5) is 30.9. The number of aromatic nitrogens is 1. The zero-order chi connectivity index (χ0) is 31.7. The van der Waals surface area contributed by atoms with E-state index >= 15 is 0 Å². The number of aryl methyl sites for hydroxylation is 1. The van der Waals surface area contributed by atoms with Gasteiger partial charge >= 0.3 is 5.97 Å². The first-order valence-corrected chi connectivity index (χ1v) is 14.5. The Morgan fingerprint density at radius 1 is 0.689 bits per heavy atom. The molecule has 6 rings (SSSR count). The summed E-state index contributed by atoms with van der Waals surface area (Å²) in [6.45, 7) is 4.12. The van der Waals surface area contributed by atoms with Gasteiger partial charge in [0.15, 0.2) is 17.3 Å². The van der Waals surface area contributed by atoms with Gasteiger partial charge in [-0.1, -0.05) is 53.7 Å². The van der Waals surface area contributed by atoms with Crippen LogP contribution in [-0.2, 0) is 16.2 Å². The number of carbonyl (C=O) groups is 2. The van der Waals surface area contributed by atoms with Crippen LogP contribution in [0.1, 0.15) is 40.9 Å². The minimum atomic E-state index is -0.555. The number of benzene rings is 5. The van der Waals surface area contributed by atoms with Gasteiger partial charge in [0.05, 0.1) is 21.3 Å². The van der Waals surface area contributed by atoms with Crippen molar-refractivity contribution in [2.24, 2.45) is 5.16 Å². The first-order chi connectivity index (χ1) is 21.9. The van der Waals surface area contributed by atoms with Crippen LogP contribution >= 0.6 is 0 Å². The molecule has 0 bridgehead atoms. The number of ketones is 1. The molecule has 0 N–H and O–H groups in total. The minimum Gasteiger partial charge on any atom is -0.493 e. The summed E-state index contributed by atoms with van der Waals surface area (Å²) in [6.07, 6.45) is 0. The first-order valence-electron chi connectivity index (χ1n) is 14.5. The Morgan fingerprint density at radius 2 is 1.31 bits per heavy atom. The lowest BCUT2D eigenvalue weighted by atomic mass is 9.96. The zero-order valence-electron chi connectivity index (χ0n) is 25.7. The highest BCUT2D eigenvalue weighted by Crippen LogP contribution is 2.39. The predicted octanol–water partition coefficient (Wildman–Crippen LogP) is 7.54. The topological polar surface area (TPSA) is 88.4 Å². The molecule has 0 fully saturated rings. The Hall–Kier alpha value is -5.63. The van der Waals surface area contributed by atoms with Crippen LogP contribution in [0.4, 0.5) is 0 Å². The number of ether oxygens (including phenoxy) is 3. The van der Waals surface area contributed by atoms with E-state index in [0.717, 1.165) is 39.1 Å². The van der Waals surface area contributed by atoms with Gasteiger partial charge in [-0.25, -0.2) is 4.79 Å². The number of carbonyl (C=O) groups excluding carboxylic acids is 2. The van der Waals surface area contributed by atoms with Crippen LogP contribution in [-0.4, -0.2) is 43.4 Å². The number of fused-ring (bicyclic) bond motifs is 4. The smallest absolute Gasteiger partial charge is 0.332 e. The standard InChI is InChI=1S/C37H32N2O6/c1-6-39-31-16-14-24(35(38-45-22(2)40)26-20-33(42-3)37(44-5)34(21-26)43-4)18-29(31)30-19-25(15-17-32(30)39)36(41)28-13-9-11-23-10-7-8-12-27(23)28/h7-21H,6H2,1-5H3/b38-35+. The van der Waals surface area contributed by atoms with Crippen LogP contribution in [0.3, 0.4) is 0 Å². The maximum atomic E-state index is 13.9. The van der Waals surface area contributed by atoms with E-state index in [0.29, 0.717) is 45.2 Å². The highest BCUT2D eigenvalue weighted by atomic mass is 16.7. The highest BCUT2D eigenvalue weighted by molar-refractivity contribution is 6.20. The van der Waals surface area contributed by atoms with Gasteiger partial charge in [0.2, 0.25) is 5.75 Å². The first kappa shape index (κ1) is 29.4. The van der Waals surface area contributed by atoms with E-state index in [1.807, 2.05) is 78.9 Å². The van der Waals surface area contributed by atoms with Gasteiger partial charge in [-0.05, 0) is 60.2 Å². The monoisotopic (exact) mass is 600 g/mol. The number of rotatable bonds is 9. The molecule has 0 spiro atoms. The second kappa shape index (κ2) is 12.2. The second-order valence-electron chi connectivity index (χ2n) is 10.5. The lowest BCUT2D eigenvalue weighted by Crippen LogP contribution is -2.08. The molecular weight excluding hydrogens is 568 g/mol. The molecule has 0 aliphatic rings. The zero-order valence-corrected chi connectivity index (χ0v) is 25.7. The Balaban J connectivity index is 1.54. The molecule has 0 atom stereocenters. The third-order valence-corrected chi connectivity index (χ3v) is 7.95. The molecule has 45 heavy (non-hydrogen) atoms. The highest BCUT2D eigenvalue weighted by Gasteiger charge is 2.21. The Morgan fingerprint density at radius 3 is 1.93 bits per heavy atom. The van der Waals surface area contributed by atoms with Gasteiger partial charge in [-0.2, -0.15) is 0 Å². The van der Waals surface area contributed by atoms with Crippen LogP contribution in [0.2, 0.25) is 0 Å². The summed E-state index contributed by atoms with van der Waals surface area (Å²) >= 11 is 0. The van der Waals surface area contributed by atoms with Crippen molar-refractivity contribution in [3.8, 4) is 17.2 Å². The molecule has 0 saturated heterocycles. The number of hydrogen-bond donors (Lipinski definition) is 0. The molecule has 1 heterocycles. The van der Waals surface area contributed by atoms with E-state index < -0.39 is 5.97 Å². The van der Waals surface area contributed by atoms with Crippen molar-refractivity contribution < 1.29 is 28.6 Å². The molecule has 5 aromatic carbocycles. The molecule has 8 nitrogen and oxygen atoms in total. The molecular formula is C37H32N2O6. The van der Waals surface area contributed by atoms with Gasteiger partial charge in [0.25, 0.3) is 0 Å². The van der Waals surface area contributed by atoms with Gasteiger partial charge in [-0.3, -0.25) is 4.79 Å². The van der Waals surface area contributed by atoms with Gasteiger partial charge in [0.1, 0.15) is 5.71 Å². The average Bonchev–Trinajstić information content (AvgIpc) is 3.39. The largest absolute Gasteiger partial charge is 0.493 e.